The third-order valence-corrected chi connectivity index (χ3v) is 4.89. The summed E-state index contributed by atoms with van der Waals surface area (Å²) in [5.41, 5.74) is 4.60. The molecule has 0 saturated heterocycles. The van der Waals surface area contributed by atoms with Crippen LogP contribution < -0.4 is 10.2 Å². The molecule has 1 atom stereocenters. The molecule has 3 aromatic rings. The van der Waals surface area contributed by atoms with Crippen molar-refractivity contribution in [2.75, 3.05) is 0 Å². The lowest BCUT2D eigenvalue weighted by Gasteiger charge is -2.09. The molecule has 0 aliphatic rings. The third kappa shape index (κ3) is 6.15. The first-order chi connectivity index (χ1) is 14.0. The molecule has 0 spiro atoms. The summed E-state index contributed by atoms with van der Waals surface area (Å²) in [4.78, 5) is 12.0. The van der Waals surface area contributed by atoms with E-state index in [4.69, 9.17) is 16.3 Å². The molecule has 7 heteroatoms. The van der Waals surface area contributed by atoms with Gasteiger partial charge in [-0.15, -0.1) is 0 Å². The fourth-order valence-electron chi connectivity index (χ4n) is 2.47. The van der Waals surface area contributed by atoms with Crippen molar-refractivity contribution in [1.82, 2.24) is 5.43 Å². The highest BCUT2D eigenvalue weighted by molar-refractivity contribution is 9.10. The van der Waals surface area contributed by atoms with E-state index >= 15 is 0 Å². The number of nitrogens with one attached hydrogen (secondary N) is 1. The highest BCUT2D eigenvalue weighted by Gasteiger charge is 2.15. The molecule has 0 aliphatic carbocycles. The fourth-order valence-corrected chi connectivity index (χ4v) is 3.11. The number of hydrogen-bond donors (Lipinski definition) is 2. The third-order valence-electron chi connectivity index (χ3n) is 4.02. The molecule has 0 aromatic heterocycles. The van der Waals surface area contributed by atoms with Gasteiger partial charge in [-0.25, -0.2) is 5.43 Å². The van der Waals surface area contributed by atoms with E-state index in [-0.39, 0.29) is 0 Å². The average molecular weight is 474 g/mol. The predicted molar refractivity (Wildman–Crippen MR) is 117 cm³/mol. The van der Waals surface area contributed by atoms with Crippen LogP contribution >= 0.6 is 27.5 Å². The minimum Gasteiger partial charge on any atom is -0.488 e. The van der Waals surface area contributed by atoms with E-state index in [0.717, 1.165) is 15.6 Å². The van der Waals surface area contributed by atoms with Crippen LogP contribution in [0.15, 0.2) is 82.4 Å². The second-order valence-corrected chi connectivity index (χ2v) is 7.44. The number of rotatable bonds is 7. The zero-order chi connectivity index (χ0) is 20.6. The van der Waals surface area contributed by atoms with Gasteiger partial charge in [0.2, 0.25) is 0 Å². The monoisotopic (exact) mass is 472 g/mol. The average Bonchev–Trinajstić information content (AvgIpc) is 2.74. The number of carbonyl (C=O) groups excluding carboxylic acids is 1. The van der Waals surface area contributed by atoms with E-state index in [2.05, 4.69) is 26.5 Å². The number of halogens is 2. The molecule has 0 heterocycles. The quantitative estimate of drug-likeness (QED) is 0.380. The van der Waals surface area contributed by atoms with Crippen LogP contribution in [0.5, 0.6) is 5.75 Å². The summed E-state index contributed by atoms with van der Waals surface area (Å²) in [5.74, 6) is 0.0788. The van der Waals surface area contributed by atoms with Crippen LogP contribution in [-0.2, 0) is 11.4 Å². The molecule has 1 amide bonds. The molecule has 2 N–H and O–H groups in total. The number of amides is 1. The summed E-state index contributed by atoms with van der Waals surface area (Å²) in [6, 6.07) is 21.6. The van der Waals surface area contributed by atoms with E-state index in [1.807, 2.05) is 48.5 Å². The predicted octanol–water partition coefficient (Wildman–Crippen LogP) is 4.87. The molecule has 3 aromatic carbocycles. The number of nitrogens with zero attached hydrogens (tertiary/aromatic N) is 1. The van der Waals surface area contributed by atoms with Crippen LogP contribution in [0.4, 0.5) is 0 Å². The van der Waals surface area contributed by atoms with Gasteiger partial charge in [0.25, 0.3) is 5.91 Å². The molecule has 5 nitrogen and oxygen atoms in total. The van der Waals surface area contributed by atoms with E-state index in [1.54, 1.807) is 24.3 Å². The molecular weight excluding hydrogens is 456 g/mol. The zero-order valence-corrected chi connectivity index (χ0v) is 17.6. The van der Waals surface area contributed by atoms with Crippen molar-refractivity contribution >= 4 is 39.7 Å². The first kappa shape index (κ1) is 21.0. The maximum Gasteiger partial charge on any atom is 0.273 e. The smallest absolute Gasteiger partial charge is 0.273 e. The molecule has 0 radical (unpaired) electrons. The van der Waals surface area contributed by atoms with E-state index < -0.39 is 12.0 Å². The summed E-state index contributed by atoms with van der Waals surface area (Å²) in [7, 11) is 0. The van der Waals surface area contributed by atoms with Crippen molar-refractivity contribution in [3.05, 3.63) is 99.0 Å². The maximum atomic E-state index is 12.0. The minimum atomic E-state index is -1.27. The molecule has 0 unspecified atom stereocenters. The molecule has 0 bridgehead atoms. The van der Waals surface area contributed by atoms with E-state index in [1.165, 1.54) is 6.21 Å². The number of ether oxygens (including phenoxy) is 1. The zero-order valence-electron chi connectivity index (χ0n) is 15.3. The number of hydrogen-bond acceptors (Lipinski definition) is 4. The Labute approximate surface area is 182 Å². The SMILES string of the molecule is O=C(N/N=C\c1ccc(OCc2ccc(Cl)cc2)c(Br)c1)[C@H](O)c1ccccc1. The molecule has 148 valence electrons. The second-order valence-electron chi connectivity index (χ2n) is 6.15. The topological polar surface area (TPSA) is 70.9 Å². The Hall–Kier alpha value is -2.67. The molecule has 29 heavy (non-hydrogen) atoms. The minimum absolute atomic E-state index is 0.413. The van der Waals surface area contributed by atoms with Gasteiger partial charge in [-0.1, -0.05) is 54.1 Å². The first-order valence-corrected chi connectivity index (χ1v) is 9.93. The number of aliphatic hydroxyl groups excluding tert-OH is 1. The number of aliphatic hydroxyl groups is 1. The Morgan fingerprint density at radius 2 is 1.86 bits per heavy atom. The Balaban J connectivity index is 1.55. The standard InChI is InChI=1S/C22H18BrClN2O3/c23-19-12-16(8-11-20(19)29-14-15-6-9-18(24)10-7-15)13-25-26-22(28)21(27)17-4-2-1-3-5-17/h1-13,21,27H,14H2,(H,26,28)/b25-13-/t21-/m1/s1. The molecule has 0 fully saturated rings. The van der Waals surface area contributed by atoms with Gasteiger partial charge < -0.3 is 9.84 Å². The molecule has 3 rings (SSSR count). The Kier molecular flexibility index (Phi) is 7.41. The van der Waals surface area contributed by atoms with E-state index in [9.17, 15) is 9.90 Å². The summed E-state index contributed by atoms with van der Waals surface area (Å²) >= 11 is 9.35. The van der Waals surface area contributed by atoms with Gasteiger partial charge in [-0.2, -0.15) is 5.10 Å². The van der Waals surface area contributed by atoms with Crippen LogP contribution in [0, 0.1) is 0 Å². The number of hydrazone groups is 1. The largest absolute Gasteiger partial charge is 0.488 e. The van der Waals surface area contributed by atoms with Gasteiger partial charge in [0.1, 0.15) is 12.4 Å². The molecule has 0 aliphatic heterocycles. The lowest BCUT2D eigenvalue weighted by atomic mass is 10.1. The Morgan fingerprint density at radius 3 is 2.55 bits per heavy atom. The summed E-state index contributed by atoms with van der Waals surface area (Å²) in [5, 5.41) is 14.6. The van der Waals surface area contributed by atoms with Gasteiger partial charge in [0.05, 0.1) is 10.7 Å². The van der Waals surface area contributed by atoms with Crippen molar-refractivity contribution < 1.29 is 14.6 Å². The van der Waals surface area contributed by atoms with Gasteiger partial charge in [0.15, 0.2) is 6.10 Å². The first-order valence-electron chi connectivity index (χ1n) is 8.75. The normalized spacial score (nSPS) is 12.0. The highest BCUT2D eigenvalue weighted by Crippen LogP contribution is 2.26. The lowest BCUT2D eigenvalue weighted by Crippen LogP contribution is -2.25. The van der Waals surface area contributed by atoms with Gasteiger partial charge in [-0.05, 0) is 63.0 Å². The van der Waals surface area contributed by atoms with Crippen LogP contribution in [0.25, 0.3) is 0 Å². The van der Waals surface area contributed by atoms with Gasteiger partial charge in [-0.3, -0.25) is 4.79 Å². The lowest BCUT2D eigenvalue weighted by molar-refractivity contribution is -0.129. The fraction of sp³-hybridized carbons (Fsp3) is 0.0909. The van der Waals surface area contributed by atoms with Crippen molar-refractivity contribution in [2.45, 2.75) is 12.7 Å². The maximum absolute atomic E-state index is 12.0. The van der Waals surface area contributed by atoms with Crippen molar-refractivity contribution in [3.63, 3.8) is 0 Å². The Bertz CT molecular complexity index is 995. The number of carbonyl (C=O) groups is 1. The van der Waals surface area contributed by atoms with Crippen LogP contribution in [0.1, 0.15) is 22.8 Å². The summed E-state index contributed by atoms with van der Waals surface area (Å²) in [6.45, 7) is 0.413. The van der Waals surface area contributed by atoms with Gasteiger partial charge >= 0.3 is 0 Å². The van der Waals surface area contributed by atoms with Crippen molar-refractivity contribution in [2.24, 2.45) is 5.10 Å². The highest BCUT2D eigenvalue weighted by atomic mass is 79.9. The van der Waals surface area contributed by atoms with Crippen LogP contribution in [0.3, 0.4) is 0 Å². The van der Waals surface area contributed by atoms with Crippen molar-refractivity contribution in [1.29, 1.82) is 0 Å². The molecular formula is C22H18BrClN2O3. The summed E-state index contributed by atoms with van der Waals surface area (Å²) < 4.78 is 6.56. The van der Waals surface area contributed by atoms with Crippen LogP contribution in [0.2, 0.25) is 5.02 Å². The second kappa shape index (κ2) is 10.2. The number of benzene rings is 3. The van der Waals surface area contributed by atoms with Crippen molar-refractivity contribution in [3.8, 4) is 5.75 Å². The van der Waals surface area contributed by atoms with Crippen LogP contribution in [-0.4, -0.2) is 17.2 Å². The van der Waals surface area contributed by atoms with Gasteiger partial charge in [0, 0.05) is 5.02 Å². The van der Waals surface area contributed by atoms with E-state index in [0.29, 0.717) is 22.9 Å². The summed E-state index contributed by atoms with van der Waals surface area (Å²) in [6.07, 6.45) is 0.215. The molecule has 0 saturated carbocycles. The Morgan fingerprint density at radius 1 is 1.14 bits per heavy atom.